The number of nitrogens with zero attached hydrogens (tertiary/aromatic N) is 1. The predicted octanol–water partition coefficient (Wildman–Crippen LogP) is 1.36. The molecule has 1 N–H and O–H groups in total. The van der Waals surface area contributed by atoms with E-state index in [1.807, 2.05) is 25.7 Å². The molecule has 0 unspecified atom stereocenters. The van der Waals surface area contributed by atoms with Crippen LogP contribution in [0.3, 0.4) is 0 Å². The van der Waals surface area contributed by atoms with Crippen molar-refractivity contribution >= 4 is 6.09 Å². The van der Waals surface area contributed by atoms with Crippen molar-refractivity contribution < 1.29 is 9.53 Å². The quantitative estimate of drug-likeness (QED) is 0.659. The highest BCUT2D eigenvalue weighted by Crippen LogP contribution is 2.26. The fourth-order valence-electron chi connectivity index (χ4n) is 2.41. The standard InChI is InChI=1S/C11H20N2O2/c1-11(2,3)15-10(14)13-7-5-8-9(13)4-6-12-8/h8-9,12H,4-7H2,1-3H3/t8-,9+/m1/s1. The normalized spacial score (nSPS) is 30.5. The SMILES string of the molecule is CC(C)(C)OC(=O)N1CC[C@H]2NCC[C@@H]21. The lowest BCUT2D eigenvalue weighted by atomic mass is 10.1. The molecule has 2 aliphatic rings. The molecular weight excluding hydrogens is 192 g/mol. The fraction of sp³-hybridized carbons (Fsp3) is 0.909. The number of carbonyl (C=O) groups excluding carboxylic acids is 1. The third kappa shape index (κ3) is 2.25. The molecule has 0 aliphatic carbocycles. The van der Waals surface area contributed by atoms with E-state index < -0.39 is 0 Å². The van der Waals surface area contributed by atoms with E-state index in [0.717, 1.165) is 25.9 Å². The van der Waals surface area contributed by atoms with Crippen molar-refractivity contribution in [1.82, 2.24) is 10.2 Å². The van der Waals surface area contributed by atoms with E-state index in [4.69, 9.17) is 4.74 Å². The summed E-state index contributed by atoms with van der Waals surface area (Å²) in [6.07, 6.45) is 1.96. The van der Waals surface area contributed by atoms with Crippen LogP contribution in [0.25, 0.3) is 0 Å². The second kappa shape index (κ2) is 3.67. The Morgan fingerprint density at radius 2 is 2.13 bits per heavy atom. The highest BCUT2D eigenvalue weighted by molar-refractivity contribution is 5.69. The number of hydrogen-bond donors (Lipinski definition) is 1. The second-order valence-electron chi connectivity index (χ2n) is 5.38. The third-order valence-corrected chi connectivity index (χ3v) is 3.02. The maximum absolute atomic E-state index is 11.9. The van der Waals surface area contributed by atoms with Gasteiger partial charge in [-0.25, -0.2) is 4.79 Å². The van der Waals surface area contributed by atoms with Gasteiger partial charge in [-0.3, -0.25) is 0 Å². The molecule has 0 aromatic rings. The Kier molecular flexibility index (Phi) is 2.63. The number of rotatable bonds is 0. The molecule has 4 nitrogen and oxygen atoms in total. The van der Waals surface area contributed by atoms with Crippen molar-refractivity contribution in [1.29, 1.82) is 0 Å². The van der Waals surface area contributed by atoms with Crippen LogP contribution >= 0.6 is 0 Å². The topological polar surface area (TPSA) is 41.6 Å². The van der Waals surface area contributed by atoms with Crippen LogP contribution in [0.1, 0.15) is 33.6 Å². The number of nitrogens with one attached hydrogen (secondary N) is 1. The van der Waals surface area contributed by atoms with Crippen LogP contribution in [0.4, 0.5) is 4.79 Å². The van der Waals surface area contributed by atoms with E-state index in [0.29, 0.717) is 12.1 Å². The first-order chi connectivity index (χ1) is 6.97. The fourth-order valence-corrected chi connectivity index (χ4v) is 2.41. The van der Waals surface area contributed by atoms with E-state index in [1.54, 1.807) is 0 Å². The molecule has 0 spiro atoms. The lowest BCUT2D eigenvalue weighted by Crippen LogP contribution is -2.41. The van der Waals surface area contributed by atoms with Crippen LogP contribution in [-0.4, -0.2) is 41.8 Å². The van der Waals surface area contributed by atoms with Crippen molar-refractivity contribution in [2.24, 2.45) is 0 Å². The lowest BCUT2D eigenvalue weighted by molar-refractivity contribution is 0.0227. The van der Waals surface area contributed by atoms with Crippen molar-refractivity contribution in [2.45, 2.75) is 51.3 Å². The number of likely N-dealkylation sites (tertiary alicyclic amines) is 1. The van der Waals surface area contributed by atoms with Crippen molar-refractivity contribution in [3.8, 4) is 0 Å². The van der Waals surface area contributed by atoms with Crippen LogP contribution in [0.15, 0.2) is 0 Å². The molecule has 0 saturated carbocycles. The average molecular weight is 212 g/mol. The Bertz CT molecular complexity index is 260. The van der Waals surface area contributed by atoms with Gasteiger partial charge in [0.2, 0.25) is 0 Å². The lowest BCUT2D eigenvalue weighted by Gasteiger charge is -2.27. The molecule has 2 heterocycles. The zero-order valence-electron chi connectivity index (χ0n) is 9.75. The largest absolute Gasteiger partial charge is 0.444 e. The summed E-state index contributed by atoms with van der Waals surface area (Å²) in [6, 6.07) is 0.859. The number of amides is 1. The minimum absolute atomic E-state index is 0.154. The summed E-state index contributed by atoms with van der Waals surface area (Å²) in [5.41, 5.74) is -0.388. The maximum Gasteiger partial charge on any atom is 0.410 e. The van der Waals surface area contributed by atoms with Gasteiger partial charge in [0.25, 0.3) is 0 Å². The number of fused-ring (bicyclic) bond motifs is 1. The Morgan fingerprint density at radius 3 is 2.80 bits per heavy atom. The predicted molar refractivity (Wildman–Crippen MR) is 57.8 cm³/mol. The van der Waals surface area contributed by atoms with Gasteiger partial charge in [0, 0.05) is 12.6 Å². The molecule has 0 radical (unpaired) electrons. The van der Waals surface area contributed by atoms with Crippen molar-refractivity contribution in [2.75, 3.05) is 13.1 Å². The van der Waals surface area contributed by atoms with E-state index in [2.05, 4.69) is 5.32 Å². The summed E-state index contributed by atoms with van der Waals surface area (Å²) in [5, 5.41) is 3.42. The summed E-state index contributed by atoms with van der Waals surface area (Å²) in [4.78, 5) is 13.8. The third-order valence-electron chi connectivity index (χ3n) is 3.02. The molecule has 15 heavy (non-hydrogen) atoms. The van der Waals surface area contributed by atoms with Gasteiger partial charge in [0.05, 0.1) is 6.04 Å². The molecule has 2 saturated heterocycles. The molecule has 0 aromatic carbocycles. The smallest absolute Gasteiger partial charge is 0.410 e. The average Bonchev–Trinajstić information content (AvgIpc) is 2.57. The highest BCUT2D eigenvalue weighted by Gasteiger charge is 2.41. The molecule has 2 aliphatic heterocycles. The minimum Gasteiger partial charge on any atom is -0.444 e. The van der Waals surface area contributed by atoms with Gasteiger partial charge in [0.1, 0.15) is 5.60 Å². The molecule has 4 heteroatoms. The van der Waals surface area contributed by atoms with Crippen molar-refractivity contribution in [3.05, 3.63) is 0 Å². The van der Waals surface area contributed by atoms with Gasteiger partial charge >= 0.3 is 6.09 Å². The number of ether oxygens (including phenoxy) is 1. The molecule has 2 rings (SSSR count). The summed E-state index contributed by atoms with van der Waals surface area (Å²) < 4.78 is 5.39. The van der Waals surface area contributed by atoms with E-state index >= 15 is 0 Å². The minimum atomic E-state index is -0.388. The highest BCUT2D eigenvalue weighted by atomic mass is 16.6. The van der Waals surface area contributed by atoms with Crippen LogP contribution in [0.5, 0.6) is 0 Å². The van der Waals surface area contributed by atoms with E-state index in [1.165, 1.54) is 0 Å². The van der Waals surface area contributed by atoms with Gasteiger partial charge in [-0.05, 0) is 40.2 Å². The summed E-state index contributed by atoms with van der Waals surface area (Å²) in [6.45, 7) is 7.58. The summed E-state index contributed by atoms with van der Waals surface area (Å²) in [5.74, 6) is 0. The maximum atomic E-state index is 11.9. The number of hydrogen-bond acceptors (Lipinski definition) is 3. The Labute approximate surface area is 91.0 Å². The van der Waals surface area contributed by atoms with Crippen LogP contribution in [-0.2, 0) is 4.74 Å². The Balaban J connectivity index is 1.96. The Morgan fingerprint density at radius 1 is 1.40 bits per heavy atom. The zero-order chi connectivity index (χ0) is 11.1. The van der Waals surface area contributed by atoms with Gasteiger partial charge in [-0.2, -0.15) is 0 Å². The van der Waals surface area contributed by atoms with Gasteiger partial charge < -0.3 is 15.0 Å². The van der Waals surface area contributed by atoms with Gasteiger partial charge in [-0.1, -0.05) is 0 Å². The molecular formula is C11H20N2O2. The molecule has 86 valence electrons. The van der Waals surface area contributed by atoms with Crippen LogP contribution in [0.2, 0.25) is 0 Å². The van der Waals surface area contributed by atoms with Gasteiger partial charge in [0.15, 0.2) is 0 Å². The second-order valence-corrected chi connectivity index (χ2v) is 5.38. The van der Waals surface area contributed by atoms with Gasteiger partial charge in [-0.15, -0.1) is 0 Å². The Hall–Kier alpha value is -0.770. The van der Waals surface area contributed by atoms with Crippen molar-refractivity contribution in [3.63, 3.8) is 0 Å². The summed E-state index contributed by atoms with van der Waals surface area (Å²) in [7, 11) is 0. The first-order valence-corrected chi connectivity index (χ1v) is 5.70. The van der Waals surface area contributed by atoms with Crippen LogP contribution < -0.4 is 5.32 Å². The first-order valence-electron chi connectivity index (χ1n) is 5.70. The molecule has 0 bridgehead atoms. The zero-order valence-corrected chi connectivity index (χ0v) is 9.75. The first kappa shape index (κ1) is 10.7. The summed E-state index contributed by atoms with van der Waals surface area (Å²) >= 11 is 0. The molecule has 2 fully saturated rings. The number of carbonyl (C=O) groups is 1. The van der Waals surface area contributed by atoms with Crippen LogP contribution in [0, 0.1) is 0 Å². The van der Waals surface area contributed by atoms with E-state index in [9.17, 15) is 4.79 Å². The molecule has 2 atom stereocenters. The molecule has 0 aromatic heterocycles. The molecule has 1 amide bonds. The van der Waals surface area contributed by atoms with E-state index in [-0.39, 0.29) is 11.7 Å². The monoisotopic (exact) mass is 212 g/mol.